The molecule has 0 saturated heterocycles. The van der Waals surface area contributed by atoms with Gasteiger partial charge in [-0.2, -0.15) is 0 Å². The van der Waals surface area contributed by atoms with Crippen molar-refractivity contribution in [3.8, 4) is 0 Å². The van der Waals surface area contributed by atoms with Crippen molar-refractivity contribution in [2.24, 2.45) is 0 Å². The Morgan fingerprint density at radius 3 is 1.83 bits per heavy atom. The molecule has 0 radical (unpaired) electrons. The van der Waals surface area contributed by atoms with E-state index in [9.17, 15) is 9.59 Å². The van der Waals surface area contributed by atoms with E-state index < -0.39 is 11.5 Å². The van der Waals surface area contributed by atoms with Gasteiger partial charge in [0, 0.05) is 0 Å². The summed E-state index contributed by atoms with van der Waals surface area (Å²) in [6.07, 6.45) is 0.282. The lowest BCUT2D eigenvalue weighted by atomic mass is 9.90. The number of likely N-dealkylation sites (N-methyl/N-ethyl adjacent to an activating group) is 1. The first-order chi connectivity index (χ1) is 5.39. The zero-order valence-corrected chi connectivity index (χ0v) is 7.92. The van der Waals surface area contributed by atoms with Gasteiger partial charge in [0.25, 0.3) is 0 Å². The molecule has 0 bridgehead atoms. The zero-order valence-electron chi connectivity index (χ0n) is 7.92. The molecule has 0 aromatic rings. The van der Waals surface area contributed by atoms with Gasteiger partial charge in [0.2, 0.25) is 0 Å². The minimum Gasteiger partial charge on any atom is -0.480 e. The van der Waals surface area contributed by atoms with Crippen LogP contribution in [-0.2, 0) is 9.59 Å². The van der Waals surface area contributed by atoms with Gasteiger partial charge in [-0.3, -0.25) is 9.69 Å². The molecule has 1 N–H and O–H groups in total. The molecule has 70 valence electrons. The van der Waals surface area contributed by atoms with Crippen LogP contribution in [0.15, 0.2) is 0 Å². The Morgan fingerprint density at radius 1 is 1.42 bits per heavy atom. The SMILES string of the molecule is CCC(C(C)=O)(C(=O)O)N(C)C. The molecule has 0 amide bonds. The number of nitrogens with zero attached hydrogens (tertiary/aromatic N) is 1. The fourth-order valence-corrected chi connectivity index (χ4v) is 1.37. The van der Waals surface area contributed by atoms with Crippen LogP contribution in [0.1, 0.15) is 20.3 Å². The normalized spacial score (nSPS) is 15.8. The van der Waals surface area contributed by atoms with E-state index in [2.05, 4.69) is 0 Å². The van der Waals surface area contributed by atoms with E-state index in [1.54, 1.807) is 21.0 Å². The van der Waals surface area contributed by atoms with E-state index in [1.165, 1.54) is 11.8 Å². The second-order valence-electron chi connectivity index (χ2n) is 2.97. The second-order valence-corrected chi connectivity index (χ2v) is 2.97. The quantitative estimate of drug-likeness (QED) is 0.624. The van der Waals surface area contributed by atoms with Gasteiger partial charge in [-0.05, 0) is 27.4 Å². The molecular formula is C8H15NO3. The predicted molar refractivity (Wildman–Crippen MR) is 45.0 cm³/mol. The summed E-state index contributed by atoms with van der Waals surface area (Å²) < 4.78 is 0. The predicted octanol–water partition coefficient (Wildman–Crippen LogP) is 0.370. The summed E-state index contributed by atoms with van der Waals surface area (Å²) in [6, 6.07) is 0. The molecular weight excluding hydrogens is 158 g/mol. The van der Waals surface area contributed by atoms with E-state index in [1.807, 2.05) is 0 Å². The molecule has 4 nitrogen and oxygen atoms in total. The molecule has 0 rings (SSSR count). The van der Waals surface area contributed by atoms with E-state index >= 15 is 0 Å². The fraction of sp³-hybridized carbons (Fsp3) is 0.750. The van der Waals surface area contributed by atoms with Crippen LogP contribution < -0.4 is 0 Å². The Bertz CT molecular complexity index is 184. The Hall–Kier alpha value is -0.900. The first-order valence-corrected chi connectivity index (χ1v) is 3.81. The van der Waals surface area contributed by atoms with Crippen LogP contribution in [0.5, 0.6) is 0 Å². The highest BCUT2D eigenvalue weighted by molar-refractivity contribution is 6.06. The summed E-state index contributed by atoms with van der Waals surface area (Å²) >= 11 is 0. The largest absolute Gasteiger partial charge is 0.480 e. The van der Waals surface area contributed by atoms with Gasteiger partial charge < -0.3 is 5.11 Å². The number of carboxylic acid groups (broad SMARTS) is 1. The molecule has 0 saturated carbocycles. The van der Waals surface area contributed by atoms with Crippen LogP contribution in [0.3, 0.4) is 0 Å². The fourth-order valence-electron chi connectivity index (χ4n) is 1.37. The third-order valence-electron chi connectivity index (χ3n) is 2.21. The Labute approximate surface area is 72.2 Å². The first kappa shape index (κ1) is 11.1. The van der Waals surface area contributed by atoms with Crippen molar-refractivity contribution in [2.45, 2.75) is 25.8 Å². The van der Waals surface area contributed by atoms with E-state index in [0.29, 0.717) is 0 Å². The summed E-state index contributed by atoms with van der Waals surface area (Å²) in [5, 5.41) is 8.90. The third kappa shape index (κ3) is 1.48. The zero-order chi connectivity index (χ0) is 9.94. The number of carboxylic acids is 1. The van der Waals surface area contributed by atoms with Crippen molar-refractivity contribution in [3.63, 3.8) is 0 Å². The maximum atomic E-state index is 11.2. The number of rotatable bonds is 4. The molecule has 0 aliphatic rings. The molecule has 0 aliphatic carbocycles. The van der Waals surface area contributed by atoms with Crippen LogP contribution in [0.25, 0.3) is 0 Å². The lowest BCUT2D eigenvalue weighted by Gasteiger charge is -2.32. The van der Waals surface area contributed by atoms with Crippen molar-refractivity contribution < 1.29 is 14.7 Å². The van der Waals surface area contributed by atoms with Gasteiger partial charge in [-0.15, -0.1) is 0 Å². The van der Waals surface area contributed by atoms with Gasteiger partial charge in [-0.1, -0.05) is 6.92 Å². The molecule has 0 spiro atoms. The van der Waals surface area contributed by atoms with Gasteiger partial charge in [0.05, 0.1) is 0 Å². The molecule has 0 fully saturated rings. The minimum atomic E-state index is -1.35. The van der Waals surface area contributed by atoms with Crippen LogP contribution in [0.2, 0.25) is 0 Å². The van der Waals surface area contributed by atoms with Gasteiger partial charge in [-0.25, -0.2) is 4.79 Å². The number of aliphatic carboxylic acids is 1. The molecule has 1 unspecified atom stereocenters. The van der Waals surface area contributed by atoms with Crippen LogP contribution >= 0.6 is 0 Å². The maximum absolute atomic E-state index is 11.2. The Balaban J connectivity index is 5.04. The topological polar surface area (TPSA) is 57.6 Å². The highest BCUT2D eigenvalue weighted by atomic mass is 16.4. The number of carbonyl (C=O) groups is 2. The molecule has 0 heterocycles. The molecule has 0 aromatic carbocycles. The van der Waals surface area contributed by atoms with Gasteiger partial charge in [0.15, 0.2) is 11.3 Å². The van der Waals surface area contributed by atoms with Crippen molar-refractivity contribution in [1.82, 2.24) is 4.90 Å². The molecule has 4 heteroatoms. The average molecular weight is 173 g/mol. The smallest absolute Gasteiger partial charge is 0.331 e. The number of carbonyl (C=O) groups excluding carboxylic acids is 1. The Kier molecular flexibility index (Phi) is 3.39. The summed E-state index contributed by atoms with van der Waals surface area (Å²) in [5.74, 6) is -1.41. The Morgan fingerprint density at radius 2 is 1.83 bits per heavy atom. The van der Waals surface area contributed by atoms with Crippen LogP contribution in [0, 0.1) is 0 Å². The molecule has 0 aromatic heterocycles. The first-order valence-electron chi connectivity index (χ1n) is 3.81. The highest BCUT2D eigenvalue weighted by Crippen LogP contribution is 2.18. The summed E-state index contributed by atoms with van der Waals surface area (Å²) in [5.41, 5.74) is -1.35. The number of ketones is 1. The van der Waals surface area contributed by atoms with E-state index in [4.69, 9.17) is 5.11 Å². The van der Waals surface area contributed by atoms with Gasteiger partial charge in [0.1, 0.15) is 0 Å². The van der Waals surface area contributed by atoms with E-state index in [0.717, 1.165) is 0 Å². The lowest BCUT2D eigenvalue weighted by Crippen LogP contribution is -2.56. The summed E-state index contributed by atoms with van der Waals surface area (Å²) in [7, 11) is 3.19. The van der Waals surface area contributed by atoms with Crippen LogP contribution in [-0.4, -0.2) is 41.4 Å². The van der Waals surface area contributed by atoms with Crippen LogP contribution in [0.4, 0.5) is 0 Å². The average Bonchev–Trinajstić information content (AvgIpc) is 1.86. The standard InChI is InChI=1S/C8H15NO3/c1-5-8(6(2)10,7(11)12)9(3)4/h5H2,1-4H3,(H,11,12). The summed E-state index contributed by atoms with van der Waals surface area (Å²) in [4.78, 5) is 23.5. The van der Waals surface area contributed by atoms with Crippen molar-refractivity contribution in [3.05, 3.63) is 0 Å². The molecule has 0 aliphatic heterocycles. The lowest BCUT2D eigenvalue weighted by molar-refractivity contribution is -0.155. The van der Waals surface area contributed by atoms with Crippen molar-refractivity contribution in [1.29, 1.82) is 0 Å². The number of hydrogen-bond donors (Lipinski definition) is 1. The third-order valence-corrected chi connectivity index (χ3v) is 2.21. The molecule has 12 heavy (non-hydrogen) atoms. The van der Waals surface area contributed by atoms with Gasteiger partial charge >= 0.3 is 5.97 Å². The van der Waals surface area contributed by atoms with Crippen molar-refractivity contribution in [2.75, 3.05) is 14.1 Å². The van der Waals surface area contributed by atoms with E-state index in [-0.39, 0.29) is 12.2 Å². The second kappa shape index (κ2) is 3.67. The van der Waals surface area contributed by atoms with Crippen molar-refractivity contribution >= 4 is 11.8 Å². The number of Topliss-reactive ketones (excluding diaryl/α,β-unsaturated/α-hetero) is 1. The molecule has 1 atom stereocenters. The minimum absolute atomic E-state index is 0.282. The maximum Gasteiger partial charge on any atom is 0.331 e. The number of hydrogen-bond acceptors (Lipinski definition) is 3. The summed E-state index contributed by atoms with van der Waals surface area (Å²) in [6.45, 7) is 2.99. The monoisotopic (exact) mass is 173 g/mol. The highest BCUT2D eigenvalue weighted by Gasteiger charge is 2.43.